The molecule has 1 fully saturated rings. The van der Waals surface area contributed by atoms with Crippen molar-refractivity contribution >= 4 is 45.3 Å². The first-order valence-electron chi connectivity index (χ1n) is 13.6. The second kappa shape index (κ2) is 12.4. The zero-order valence-corrected chi connectivity index (χ0v) is 24.6. The highest BCUT2D eigenvalue weighted by atomic mass is 35.5. The number of methoxy groups -OCH3 is 2. The van der Waals surface area contributed by atoms with Crippen LogP contribution in [0.1, 0.15) is 10.6 Å². The fourth-order valence-corrected chi connectivity index (χ4v) is 6.18. The van der Waals surface area contributed by atoms with E-state index in [-0.39, 0.29) is 0 Å². The van der Waals surface area contributed by atoms with Gasteiger partial charge in [-0.05, 0) is 30.3 Å². The minimum absolute atomic E-state index is 0.615. The molecule has 0 amide bonds. The van der Waals surface area contributed by atoms with E-state index in [0.29, 0.717) is 18.0 Å². The topological polar surface area (TPSA) is 91.4 Å². The molecule has 6 rings (SSSR count). The maximum Gasteiger partial charge on any atom is 0.124 e. The number of ether oxygens (including phenoxy) is 2. The molecule has 5 aromatic rings. The first-order chi connectivity index (χ1) is 20.1. The Labute approximate surface area is 248 Å². The fraction of sp³-hybridized carbons (Fsp3) is 0.300. The van der Waals surface area contributed by atoms with Gasteiger partial charge < -0.3 is 24.6 Å². The van der Waals surface area contributed by atoms with E-state index in [9.17, 15) is 0 Å². The quantitative estimate of drug-likeness (QED) is 0.219. The number of thiophene rings is 1. The highest BCUT2D eigenvalue weighted by molar-refractivity contribution is 7.16. The molecule has 2 N–H and O–H groups in total. The van der Waals surface area contributed by atoms with Crippen LogP contribution in [-0.2, 0) is 13.0 Å². The number of nitrogens with zero attached hydrogens (tertiary/aromatic N) is 5. The number of nitrogens with one attached hydrogen (secondary N) is 2. The van der Waals surface area contributed by atoms with Gasteiger partial charge >= 0.3 is 0 Å². The van der Waals surface area contributed by atoms with Crippen LogP contribution in [0.3, 0.4) is 0 Å². The molecule has 1 aliphatic heterocycles. The van der Waals surface area contributed by atoms with E-state index < -0.39 is 0 Å². The largest absolute Gasteiger partial charge is 0.497 e. The molecule has 1 aliphatic rings. The molecule has 0 unspecified atom stereocenters. The third-order valence-electron chi connectivity index (χ3n) is 7.31. The maximum absolute atomic E-state index is 6.28. The molecule has 1 saturated heterocycles. The van der Waals surface area contributed by atoms with Crippen molar-refractivity contribution in [1.82, 2.24) is 30.4 Å². The zero-order valence-electron chi connectivity index (χ0n) is 23.1. The second-order valence-corrected chi connectivity index (χ2v) is 11.7. The SMILES string of the molecule is COc1cc(OC)cc(N(Cc2ccc(Cl)s2)c2ccc3ncc(-c4cn[nH]c4CCN4CCNCC4)nc3c2)c1. The molecule has 212 valence electrons. The summed E-state index contributed by atoms with van der Waals surface area (Å²) in [6, 6.07) is 16.0. The van der Waals surface area contributed by atoms with E-state index in [1.54, 1.807) is 25.6 Å². The van der Waals surface area contributed by atoms with Crippen LogP contribution in [0.25, 0.3) is 22.3 Å². The van der Waals surface area contributed by atoms with E-state index in [0.717, 1.165) is 87.7 Å². The summed E-state index contributed by atoms with van der Waals surface area (Å²) in [6.07, 6.45) is 4.56. The summed E-state index contributed by atoms with van der Waals surface area (Å²) in [6.45, 7) is 5.80. The molecule has 41 heavy (non-hydrogen) atoms. The minimum Gasteiger partial charge on any atom is -0.497 e. The van der Waals surface area contributed by atoms with Gasteiger partial charge in [-0.2, -0.15) is 5.10 Å². The second-order valence-electron chi connectivity index (χ2n) is 9.89. The Bertz CT molecular complexity index is 1610. The predicted molar refractivity (Wildman–Crippen MR) is 165 cm³/mol. The van der Waals surface area contributed by atoms with Gasteiger partial charge in [-0.3, -0.25) is 10.1 Å². The van der Waals surface area contributed by atoms with Gasteiger partial charge in [0.1, 0.15) is 11.5 Å². The smallest absolute Gasteiger partial charge is 0.124 e. The number of aromatic nitrogens is 4. The Morgan fingerprint density at radius 1 is 0.951 bits per heavy atom. The molecule has 2 aromatic carbocycles. The van der Waals surface area contributed by atoms with E-state index in [1.165, 1.54) is 0 Å². The average molecular weight is 590 g/mol. The van der Waals surface area contributed by atoms with Crippen LogP contribution in [0.5, 0.6) is 11.5 Å². The van der Waals surface area contributed by atoms with Gasteiger partial charge in [-0.15, -0.1) is 11.3 Å². The molecule has 11 heteroatoms. The van der Waals surface area contributed by atoms with Crippen LogP contribution in [0, 0.1) is 0 Å². The Hall–Kier alpha value is -3.70. The van der Waals surface area contributed by atoms with Crippen molar-refractivity contribution in [3.8, 4) is 22.8 Å². The summed E-state index contributed by atoms with van der Waals surface area (Å²) in [5.74, 6) is 1.43. The first kappa shape index (κ1) is 27.5. The van der Waals surface area contributed by atoms with Gasteiger partial charge in [-0.25, -0.2) is 4.98 Å². The Kier molecular flexibility index (Phi) is 8.33. The molecule has 0 spiro atoms. The number of fused-ring (bicyclic) bond motifs is 1. The van der Waals surface area contributed by atoms with Crippen molar-refractivity contribution in [2.45, 2.75) is 13.0 Å². The predicted octanol–water partition coefficient (Wildman–Crippen LogP) is 5.54. The highest BCUT2D eigenvalue weighted by Crippen LogP contribution is 2.36. The van der Waals surface area contributed by atoms with E-state index in [2.05, 4.69) is 43.5 Å². The Morgan fingerprint density at radius 3 is 2.49 bits per heavy atom. The molecular weight excluding hydrogens is 558 g/mol. The summed E-state index contributed by atoms with van der Waals surface area (Å²) < 4.78 is 11.9. The molecule has 0 radical (unpaired) electrons. The Balaban J connectivity index is 1.34. The van der Waals surface area contributed by atoms with Crippen molar-refractivity contribution in [2.24, 2.45) is 0 Å². The lowest BCUT2D eigenvalue weighted by atomic mass is 10.1. The average Bonchev–Trinajstić information content (AvgIpc) is 3.67. The maximum atomic E-state index is 6.28. The number of rotatable bonds is 10. The molecule has 0 saturated carbocycles. The number of anilines is 2. The molecule has 9 nitrogen and oxygen atoms in total. The van der Waals surface area contributed by atoms with E-state index in [4.69, 9.17) is 31.0 Å². The van der Waals surface area contributed by atoms with Crippen LogP contribution in [0.15, 0.2) is 60.9 Å². The minimum atomic E-state index is 0.615. The number of halogens is 1. The summed E-state index contributed by atoms with van der Waals surface area (Å²) in [4.78, 5) is 15.6. The van der Waals surface area contributed by atoms with Gasteiger partial charge in [0.05, 0.1) is 54.2 Å². The summed E-state index contributed by atoms with van der Waals surface area (Å²) in [5.41, 5.74) is 6.40. The van der Waals surface area contributed by atoms with Gasteiger partial charge in [-0.1, -0.05) is 11.6 Å². The lowest BCUT2D eigenvalue weighted by molar-refractivity contribution is 0.243. The van der Waals surface area contributed by atoms with Crippen LogP contribution < -0.4 is 19.7 Å². The summed E-state index contributed by atoms with van der Waals surface area (Å²) in [7, 11) is 3.31. The molecule has 4 heterocycles. The van der Waals surface area contributed by atoms with Gasteiger partial charge in [0.25, 0.3) is 0 Å². The van der Waals surface area contributed by atoms with Crippen LogP contribution in [-0.4, -0.2) is 72.0 Å². The number of benzene rings is 2. The monoisotopic (exact) mass is 589 g/mol. The van der Waals surface area contributed by atoms with Crippen LogP contribution in [0.2, 0.25) is 4.34 Å². The lowest BCUT2D eigenvalue weighted by Gasteiger charge is -2.26. The van der Waals surface area contributed by atoms with E-state index >= 15 is 0 Å². The number of aromatic amines is 1. The van der Waals surface area contributed by atoms with Crippen molar-refractivity contribution < 1.29 is 9.47 Å². The third kappa shape index (κ3) is 6.31. The van der Waals surface area contributed by atoms with Crippen molar-refractivity contribution in [1.29, 1.82) is 0 Å². The van der Waals surface area contributed by atoms with E-state index in [1.807, 2.05) is 42.7 Å². The van der Waals surface area contributed by atoms with Crippen LogP contribution >= 0.6 is 22.9 Å². The third-order valence-corrected chi connectivity index (χ3v) is 8.53. The molecule has 0 atom stereocenters. The van der Waals surface area contributed by atoms with Gasteiger partial charge in [0.2, 0.25) is 0 Å². The van der Waals surface area contributed by atoms with Gasteiger partial charge in [0, 0.05) is 84.9 Å². The van der Waals surface area contributed by atoms with Gasteiger partial charge in [0.15, 0.2) is 0 Å². The first-order valence-corrected chi connectivity index (χ1v) is 14.8. The number of hydrogen-bond donors (Lipinski definition) is 2. The van der Waals surface area contributed by atoms with Crippen molar-refractivity contribution in [3.63, 3.8) is 0 Å². The Morgan fingerprint density at radius 2 is 1.76 bits per heavy atom. The normalized spacial score (nSPS) is 13.9. The summed E-state index contributed by atoms with van der Waals surface area (Å²) in [5, 5.41) is 10.9. The number of hydrogen-bond acceptors (Lipinski definition) is 9. The molecule has 0 bridgehead atoms. The zero-order chi connectivity index (χ0) is 28.2. The van der Waals surface area contributed by atoms with Crippen LogP contribution in [0.4, 0.5) is 11.4 Å². The fourth-order valence-electron chi connectivity index (χ4n) is 5.10. The van der Waals surface area contributed by atoms with Crippen molar-refractivity contribution in [3.05, 3.63) is 75.8 Å². The number of H-pyrrole nitrogens is 1. The molecular formula is C30H32ClN7O2S. The number of piperazine rings is 1. The summed E-state index contributed by atoms with van der Waals surface area (Å²) >= 11 is 7.85. The molecule has 0 aliphatic carbocycles. The van der Waals surface area contributed by atoms with Crippen molar-refractivity contribution in [2.75, 3.05) is 51.8 Å². The highest BCUT2D eigenvalue weighted by Gasteiger charge is 2.17. The molecule has 3 aromatic heterocycles. The lowest BCUT2D eigenvalue weighted by Crippen LogP contribution is -2.44. The standard InChI is InChI=1S/C30H32ClN7O2S/c1-39-22-13-21(14-23(16-22)40-2)38(19-24-4-6-30(31)41-24)20-3-5-27-28(15-20)35-29(18-33-27)25-17-34-36-26(25)7-10-37-11-8-32-9-12-37/h3-6,13-18,32H,7-12,19H2,1-2H3,(H,34,36).